The molecule has 1 unspecified atom stereocenters. The van der Waals surface area contributed by atoms with Crippen molar-refractivity contribution in [2.45, 2.75) is 26.3 Å². The van der Waals surface area contributed by atoms with Crippen LogP contribution in [0.25, 0.3) is 11.1 Å². The Kier molecular flexibility index (Phi) is 7.19. The molecule has 0 spiro atoms. The zero-order valence-electron chi connectivity index (χ0n) is 17.0. The molecule has 1 heterocycles. The summed E-state index contributed by atoms with van der Waals surface area (Å²) in [5.74, 6) is -0.352. The molecule has 0 N–H and O–H groups in total. The van der Waals surface area contributed by atoms with Crippen molar-refractivity contribution in [3.63, 3.8) is 0 Å². The number of ketones is 1. The Hall–Kier alpha value is -3.33. The number of hydrogen-bond donors (Lipinski definition) is 0. The van der Waals surface area contributed by atoms with Crippen LogP contribution in [0, 0.1) is 0 Å². The Morgan fingerprint density at radius 2 is 1.78 bits per heavy atom. The van der Waals surface area contributed by atoms with Crippen LogP contribution < -0.4 is 15.0 Å². The second kappa shape index (κ2) is 9.86. The first-order valence-electron chi connectivity index (χ1n) is 9.34. The number of Topliss-reactive ketones (excluding diaryl/α,β-unsaturated/α-hetero) is 1. The van der Waals surface area contributed by atoms with Crippen molar-refractivity contribution >= 4 is 17.4 Å². The van der Waals surface area contributed by atoms with Crippen molar-refractivity contribution in [2.75, 3.05) is 7.11 Å². The van der Waals surface area contributed by atoms with E-state index in [1.165, 1.54) is 32.2 Å². The van der Waals surface area contributed by atoms with Crippen molar-refractivity contribution in [1.29, 1.82) is 0 Å². The van der Waals surface area contributed by atoms with Gasteiger partial charge in [-0.3, -0.25) is 9.59 Å². The van der Waals surface area contributed by atoms with Crippen LogP contribution >= 0.6 is 11.6 Å². The third-order valence-electron chi connectivity index (χ3n) is 4.53. The Morgan fingerprint density at radius 1 is 1.09 bits per heavy atom. The second-order valence-corrected chi connectivity index (χ2v) is 7.19. The van der Waals surface area contributed by atoms with Gasteiger partial charge in [-0.15, -0.1) is 5.10 Å². The normalized spacial score (nSPS) is 12.0. The van der Waals surface area contributed by atoms with Crippen LogP contribution in [0.3, 0.4) is 0 Å². The van der Waals surface area contributed by atoms with Gasteiger partial charge >= 0.3 is 6.43 Å². The fourth-order valence-corrected chi connectivity index (χ4v) is 3.15. The maximum absolute atomic E-state index is 13.8. The minimum absolute atomic E-state index is 0.0415. The third kappa shape index (κ3) is 5.28. The number of carbonyl (C=O) groups excluding carboxylic acids is 1. The first-order chi connectivity index (χ1) is 15.2. The Morgan fingerprint density at radius 3 is 2.38 bits per heavy atom. The maximum atomic E-state index is 13.8. The zero-order chi connectivity index (χ0) is 23.4. The molecule has 0 radical (unpaired) electrons. The van der Waals surface area contributed by atoms with Gasteiger partial charge in [-0.05, 0) is 48.4 Å². The number of rotatable bonds is 8. The summed E-state index contributed by atoms with van der Waals surface area (Å²) in [6.07, 6.45) is -6.44. The zero-order valence-corrected chi connectivity index (χ0v) is 17.8. The Labute approximate surface area is 186 Å². The summed E-state index contributed by atoms with van der Waals surface area (Å²) in [4.78, 5) is 24.8. The summed E-state index contributed by atoms with van der Waals surface area (Å²) in [5, 5.41) is 4.17. The first-order valence-corrected chi connectivity index (χ1v) is 9.72. The number of hydrogen-bond acceptors (Lipinski definition) is 5. The number of methoxy groups -OCH3 is 1. The average Bonchev–Trinajstić information content (AvgIpc) is 2.75. The lowest BCUT2D eigenvalue weighted by atomic mass is 9.98. The molecule has 0 bridgehead atoms. The lowest BCUT2D eigenvalue weighted by molar-refractivity contribution is -0.0695. The molecular weight excluding hydrogens is 449 g/mol. The van der Waals surface area contributed by atoms with Crippen LogP contribution in [0.4, 0.5) is 13.2 Å². The third-order valence-corrected chi connectivity index (χ3v) is 4.76. The highest BCUT2D eigenvalue weighted by Gasteiger charge is 2.25. The van der Waals surface area contributed by atoms with Gasteiger partial charge < -0.3 is 9.47 Å². The summed E-state index contributed by atoms with van der Waals surface area (Å²) < 4.78 is 50.2. The average molecular weight is 467 g/mol. The van der Waals surface area contributed by atoms with Gasteiger partial charge in [0, 0.05) is 16.7 Å². The van der Waals surface area contributed by atoms with E-state index in [0.29, 0.717) is 11.3 Å². The van der Waals surface area contributed by atoms with Crippen molar-refractivity contribution in [2.24, 2.45) is 0 Å². The molecular formula is C22H18ClF3N2O4. The molecule has 0 aliphatic heterocycles. The van der Waals surface area contributed by atoms with Crippen molar-refractivity contribution < 1.29 is 27.4 Å². The van der Waals surface area contributed by atoms with E-state index in [1.54, 1.807) is 24.3 Å². The SMILES string of the molecule is COc1ccc(Cn2nc(OC(F)C(F)F)c(-c3cc(Cl)ccc3C(C)=O)cc2=O)cc1. The van der Waals surface area contributed by atoms with Crippen LogP contribution in [-0.2, 0) is 6.54 Å². The molecule has 0 saturated heterocycles. The van der Waals surface area contributed by atoms with Gasteiger partial charge in [0.15, 0.2) is 5.78 Å². The standard InChI is InChI=1S/C22H18ClF3N2O4/c1-12(29)16-8-5-14(23)9-17(16)18-10-19(30)28(27-22(18)32-21(26)20(24)25)11-13-3-6-15(31-2)7-4-13/h3-10,20-21H,11H2,1-2H3. The van der Waals surface area contributed by atoms with Crippen LogP contribution in [0.1, 0.15) is 22.8 Å². The van der Waals surface area contributed by atoms with E-state index in [4.69, 9.17) is 21.1 Å². The highest BCUT2D eigenvalue weighted by molar-refractivity contribution is 6.31. The van der Waals surface area contributed by atoms with Gasteiger partial charge in [-0.25, -0.2) is 13.5 Å². The van der Waals surface area contributed by atoms with E-state index in [9.17, 15) is 22.8 Å². The predicted molar refractivity (Wildman–Crippen MR) is 113 cm³/mol. The molecule has 0 amide bonds. The highest BCUT2D eigenvalue weighted by Crippen LogP contribution is 2.33. The fourth-order valence-electron chi connectivity index (χ4n) is 2.97. The van der Waals surface area contributed by atoms with Crippen LogP contribution in [0.15, 0.2) is 53.3 Å². The first kappa shape index (κ1) is 23.3. The Balaban J connectivity index is 2.13. The van der Waals surface area contributed by atoms with Crippen LogP contribution in [-0.4, -0.2) is 35.5 Å². The summed E-state index contributed by atoms with van der Waals surface area (Å²) in [6.45, 7) is 1.24. The monoisotopic (exact) mass is 466 g/mol. The predicted octanol–water partition coefficient (Wildman–Crippen LogP) is 4.76. The molecule has 6 nitrogen and oxygen atoms in total. The number of nitrogens with zero attached hydrogens (tertiary/aromatic N) is 2. The molecule has 0 aliphatic carbocycles. The molecule has 2 aromatic carbocycles. The summed E-state index contributed by atoms with van der Waals surface area (Å²) in [5.41, 5.74) is 0.155. The smallest absolute Gasteiger partial charge is 0.304 e. The topological polar surface area (TPSA) is 70.4 Å². The van der Waals surface area contributed by atoms with E-state index >= 15 is 0 Å². The molecule has 0 aliphatic rings. The van der Waals surface area contributed by atoms with Crippen LogP contribution in [0.2, 0.25) is 5.02 Å². The van der Waals surface area contributed by atoms with E-state index in [-0.39, 0.29) is 34.0 Å². The second-order valence-electron chi connectivity index (χ2n) is 6.76. The quantitative estimate of drug-likeness (QED) is 0.447. The number of aromatic nitrogens is 2. The summed E-state index contributed by atoms with van der Waals surface area (Å²) >= 11 is 6.02. The highest BCUT2D eigenvalue weighted by atomic mass is 35.5. The number of alkyl halides is 3. The van der Waals surface area contributed by atoms with E-state index in [0.717, 1.165) is 10.7 Å². The van der Waals surface area contributed by atoms with E-state index in [2.05, 4.69) is 5.10 Å². The number of halogens is 4. The lowest BCUT2D eigenvalue weighted by Crippen LogP contribution is -2.27. The summed E-state index contributed by atoms with van der Waals surface area (Å²) in [6, 6.07) is 12.0. The van der Waals surface area contributed by atoms with Gasteiger partial charge in [0.05, 0.1) is 19.2 Å². The van der Waals surface area contributed by atoms with Crippen LogP contribution in [0.5, 0.6) is 11.6 Å². The number of ether oxygens (including phenoxy) is 2. The van der Waals surface area contributed by atoms with Crippen molar-refractivity contribution in [1.82, 2.24) is 9.78 Å². The molecule has 32 heavy (non-hydrogen) atoms. The lowest BCUT2D eigenvalue weighted by Gasteiger charge is -2.17. The minimum atomic E-state index is -3.45. The largest absolute Gasteiger partial charge is 0.497 e. The molecule has 3 rings (SSSR count). The van der Waals surface area contributed by atoms with Crippen molar-refractivity contribution in [3.05, 3.63) is 75.0 Å². The fraction of sp³-hybridized carbons (Fsp3) is 0.227. The molecule has 1 aromatic heterocycles. The minimum Gasteiger partial charge on any atom is -0.497 e. The van der Waals surface area contributed by atoms with E-state index < -0.39 is 24.2 Å². The van der Waals surface area contributed by atoms with Gasteiger partial charge in [-0.2, -0.15) is 4.39 Å². The molecule has 10 heteroatoms. The maximum Gasteiger partial charge on any atom is 0.304 e. The molecule has 0 saturated carbocycles. The molecule has 1 atom stereocenters. The van der Waals surface area contributed by atoms with Gasteiger partial charge in [0.1, 0.15) is 5.75 Å². The molecule has 0 fully saturated rings. The Bertz CT molecular complexity index is 1180. The number of benzene rings is 2. The summed E-state index contributed by atoms with van der Waals surface area (Å²) in [7, 11) is 1.50. The molecule has 168 valence electrons. The van der Waals surface area contributed by atoms with Gasteiger partial charge in [-0.1, -0.05) is 23.7 Å². The molecule has 3 aromatic rings. The number of carbonyl (C=O) groups is 1. The van der Waals surface area contributed by atoms with Gasteiger partial charge in [0.25, 0.3) is 11.9 Å². The van der Waals surface area contributed by atoms with E-state index in [1.807, 2.05) is 0 Å². The van der Waals surface area contributed by atoms with Gasteiger partial charge in [0.2, 0.25) is 5.88 Å². The van der Waals surface area contributed by atoms with Crippen molar-refractivity contribution in [3.8, 4) is 22.8 Å².